The second-order valence-corrected chi connectivity index (χ2v) is 6.13. The highest BCUT2D eigenvalue weighted by molar-refractivity contribution is 6.36. The van der Waals surface area contributed by atoms with Crippen molar-refractivity contribution < 1.29 is 0 Å². The van der Waals surface area contributed by atoms with Gasteiger partial charge in [0.1, 0.15) is 5.52 Å². The Morgan fingerprint density at radius 1 is 1.13 bits per heavy atom. The number of hydrogen-bond donors (Lipinski definition) is 1. The summed E-state index contributed by atoms with van der Waals surface area (Å²) in [4.78, 5) is 0. The minimum atomic E-state index is 0. The Kier molecular flexibility index (Phi) is 5.93. The summed E-state index contributed by atoms with van der Waals surface area (Å²) in [6, 6.07) is 11.7. The number of nitrogens with two attached hydrogens (primary N) is 1. The van der Waals surface area contributed by atoms with Crippen LogP contribution in [0.2, 0.25) is 10.0 Å². The van der Waals surface area contributed by atoms with Crippen molar-refractivity contribution in [3.63, 3.8) is 0 Å². The lowest BCUT2D eigenvalue weighted by Gasteiger charge is -2.06. The highest BCUT2D eigenvalue weighted by atomic mass is 35.5. The molecule has 3 rings (SSSR count). The van der Waals surface area contributed by atoms with E-state index in [9.17, 15) is 0 Å². The molecule has 0 aliphatic carbocycles. The van der Waals surface area contributed by atoms with Gasteiger partial charge in [0.2, 0.25) is 0 Å². The van der Waals surface area contributed by atoms with E-state index in [0.717, 1.165) is 34.9 Å². The van der Waals surface area contributed by atoms with Crippen LogP contribution in [0, 0.1) is 0 Å². The van der Waals surface area contributed by atoms with Gasteiger partial charge in [0.05, 0.1) is 0 Å². The predicted octanol–water partition coefficient (Wildman–Crippen LogP) is 4.86. The number of rotatable bonds is 4. The fraction of sp³-hybridized carbons (Fsp3) is 0.235. The normalized spacial score (nSPS) is 10.8. The second kappa shape index (κ2) is 7.54. The molecule has 2 aromatic carbocycles. The average Bonchev–Trinajstić information content (AvgIpc) is 2.81. The first kappa shape index (κ1) is 18.1. The molecule has 122 valence electrons. The molecule has 0 spiro atoms. The van der Waals surface area contributed by atoms with Gasteiger partial charge < -0.3 is 5.73 Å². The summed E-state index contributed by atoms with van der Waals surface area (Å²) >= 11 is 12.4. The molecule has 0 fully saturated rings. The largest absolute Gasteiger partial charge is 0.330 e. The Bertz CT molecular complexity index is 827. The van der Waals surface area contributed by atoms with Gasteiger partial charge in [-0.3, -0.25) is 4.68 Å². The van der Waals surface area contributed by atoms with E-state index in [1.807, 2.05) is 36.0 Å². The number of aromatic nitrogens is 2. The van der Waals surface area contributed by atoms with E-state index >= 15 is 0 Å². The Morgan fingerprint density at radius 2 is 1.91 bits per heavy atom. The second-order valence-electron chi connectivity index (χ2n) is 5.29. The number of aryl methyl sites for hydroxylation is 2. The van der Waals surface area contributed by atoms with E-state index in [1.54, 1.807) is 6.07 Å². The first-order valence-corrected chi connectivity index (χ1v) is 7.97. The smallest absolute Gasteiger partial charge is 0.100 e. The van der Waals surface area contributed by atoms with Crippen LogP contribution in [0.3, 0.4) is 0 Å². The minimum Gasteiger partial charge on any atom is -0.330 e. The number of hydrogen-bond acceptors (Lipinski definition) is 2. The highest BCUT2D eigenvalue weighted by Crippen LogP contribution is 2.35. The van der Waals surface area contributed by atoms with Crippen LogP contribution in [0.5, 0.6) is 0 Å². The van der Waals surface area contributed by atoms with Crippen molar-refractivity contribution in [2.45, 2.75) is 12.8 Å². The molecule has 0 saturated heterocycles. The molecule has 0 amide bonds. The number of fused-ring (bicyclic) bond motifs is 1. The summed E-state index contributed by atoms with van der Waals surface area (Å²) in [6.07, 6.45) is 1.86. The number of benzene rings is 2. The van der Waals surface area contributed by atoms with Gasteiger partial charge in [-0.1, -0.05) is 47.5 Å². The van der Waals surface area contributed by atoms with E-state index in [-0.39, 0.29) is 12.4 Å². The van der Waals surface area contributed by atoms with Crippen LogP contribution in [0.25, 0.3) is 22.0 Å². The van der Waals surface area contributed by atoms with E-state index in [4.69, 9.17) is 34.0 Å². The van der Waals surface area contributed by atoms with Gasteiger partial charge in [0.25, 0.3) is 0 Å². The average molecular weight is 371 g/mol. The Morgan fingerprint density at radius 3 is 2.61 bits per heavy atom. The van der Waals surface area contributed by atoms with Gasteiger partial charge in [-0.25, -0.2) is 0 Å². The summed E-state index contributed by atoms with van der Waals surface area (Å²) in [5.74, 6) is 0. The van der Waals surface area contributed by atoms with E-state index in [2.05, 4.69) is 6.07 Å². The molecule has 2 N–H and O–H groups in total. The van der Waals surface area contributed by atoms with E-state index in [0.29, 0.717) is 16.6 Å². The molecule has 0 saturated carbocycles. The summed E-state index contributed by atoms with van der Waals surface area (Å²) in [6.45, 7) is 0.676. The van der Waals surface area contributed by atoms with Gasteiger partial charge in [-0.15, -0.1) is 12.4 Å². The molecule has 23 heavy (non-hydrogen) atoms. The van der Waals surface area contributed by atoms with E-state index in [1.165, 1.54) is 5.69 Å². The first-order valence-electron chi connectivity index (χ1n) is 7.22. The van der Waals surface area contributed by atoms with Crippen molar-refractivity contribution in [2.75, 3.05) is 6.54 Å². The summed E-state index contributed by atoms with van der Waals surface area (Å²) in [7, 11) is 1.97. The van der Waals surface area contributed by atoms with Crippen molar-refractivity contribution in [3.05, 3.63) is 52.1 Å². The molecule has 0 aliphatic rings. The Balaban J connectivity index is 0.00000192. The van der Waals surface area contributed by atoms with Gasteiger partial charge >= 0.3 is 0 Å². The van der Waals surface area contributed by atoms with E-state index < -0.39 is 0 Å². The zero-order chi connectivity index (χ0) is 15.7. The topological polar surface area (TPSA) is 43.8 Å². The van der Waals surface area contributed by atoms with Crippen molar-refractivity contribution in [3.8, 4) is 11.1 Å². The standard InChI is InChI=1S/C17H17Cl2N3.ClH/c1-22-16(6-3-9-20)14-5-2-4-13(17(14)21-22)12-8-7-11(18)10-15(12)19;/h2,4-5,7-8,10H,3,6,9,20H2,1H3;1H. The third-order valence-electron chi connectivity index (χ3n) is 3.83. The lowest BCUT2D eigenvalue weighted by atomic mass is 10.0. The fourth-order valence-corrected chi connectivity index (χ4v) is 3.27. The van der Waals surface area contributed by atoms with Gasteiger partial charge in [0.15, 0.2) is 0 Å². The molecule has 0 radical (unpaired) electrons. The molecule has 3 nitrogen and oxygen atoms in total. The Hall–Kier alpha value is -1.26. The molecule has 0 bridgehead atoms. The monoisotopic (exact) mass is 369 g/mol. The maximum absolute atomic E-state index is 6.36. The third kappa shape index (κ3) is 3.48. The number of nitrogens with zero attached hydrogens (tertiary/aromatic N) is 2. The van der Waals surface area contributed by atoms with Crippen molar-refractivity contribution in [1.29, 1.82) is 0 Å². The molecule has 0 aliphatic heterocycles. The summed E-state index contributed by atoms with van der Waals surface area (Å²) in [5, 5.41) is 7.11. The molecule has 3 aromatic rings. The molecular formula is C17H18Cl3N3. The number of halogens is 3. The van der Waals surface area contributed by atoms with Crippen LogP contribution in [0.15, 0.2) is 36.4 Å². The van der Waals surface area contributed by atoms with Crippen LogP contribution in [0.1, 0.15) is 12.1 Å². The van der Waals surface area contributed by atoms with Crippen LogP contribution in [-0.2, 0) is 13.5 Å². The maximum atomic E-state index is 6.36. The van der Waals surface area contributed by atoms with Crippen LogP contribution in [0.4, 0.5) is 0 Å². The van der Waals surface area contributed by atoms with Crippen LogP contribution in [-0.4, -0.2) is 16.3 Å². The SMILES string of the molecule is Cl.Cn1nc2c(-c3ccc(Cl)cc3Cl)cccc2c1CCCN. The molecule has 0 atom stereocenters. The van der Waals surface area contributed by atoms with Crippen LogP contribution < -0.4 is 5.73 Å². The highest BCUT2D eigenvalue weighted by Gasteiger charge is 2.14. The molecular weight excluding hydrogens is 353 g/mol. The lowest BCUT2D eigenvalue weighted by molar-refractivity contribution is 0.694. The third-order valence-corrected chi connectivity index (χ3v) is 4.37. The molecule has 1 heterocycles. The summed E-state index contributed by atoms with van der Waals surface area (Å²) < 4.78 is 1.94. The van der Waals surface area contributed by atoms with Gasteiger partial charge in [-0.2, -0.15) is 5.10 Å². The zero-order valence-electron chi connectivity index (χ0n) is 12.7. The van der Waals surface area contributed by atoms with Crippen molar-refractivity contribution in [2.24, 2.45) is 12.8 Å². The fourth-order valence-electron chi connectivity index (χ4n) is 2.76. The van der Waals surface area contributed by atoms with Crippen molar-refractivity contribution in [1.82, 2.24) is 9.78 Å². The van der Waals surface area contributed by atoms with Gasteiger partial charge in [0, 0.05) is 39.3 Å². The first-order chi connectivity index (χ1) is 10.6. The van der Waals surface area contributed by atoms with Crippen LogP contribution >= 0.6 is 35.6 Å². The zero-order valence-corrected chi connectivity index (χ0v) is 15.0. The molecule has 6 heteroatoms. The quantitative estimate of drug-likeness (QED) is 0.712. The Labute approximate surface area is 151 Å². The minimum absolute atomic E-state index is 0. The summed E-state index contributed by atoms with van der Waals surface area (Å²) in [5.41, 5.74) is 9.76. The van der Waals surface area contributed by atoms with Crippen molar-refractivity contribution >= 4 is 46.5 Å². The lowest BCUT2D eigenvalue weighted by Crippen LogP contribution is -2.04. The van der Waals surface area contributed by atoms with Gasteiger partial charge in [-0.05, 0) is 31.5 Å². The molecule has 0 unspecified atom stereocenters. The molecule has 1 aromatic heterocycles. The predicted molar refractivity (Wildman–Crippen MR) is 101 cm³/mol. The maximum Gasteiger partial charge on any atom is 0.100 e.